The highest BCUT2D eigenvalue weighted by Crippen LogP contribution is 2.12. The van der Waals surface area contributed by atoms with Crippen LogP contribution >= 0.6 is 0 Å². The number of methoxy groups -OCH3 is 1. The number of hydrogen-bond donors (Lipinski definition) is 2. The van der Waals surface area contributed by atoms with Gasteiger partial charge in [0.15, 0.2) is 6.10 Å². The van der Waals surface area contributed by atoms with E-state index in [0.29, 0.717) is 17.0 Å². The Hall–Kier alpha value is -3.35. The minimum absolute atomic E-state index is 0.348. The molecule has 26 heavy (non-hydrogen) atoms. The standard InChI is InChI=1S/C19H20N2O5/c1-13(18(23)21-15-8-4-3-5-9-15)26-17(22)12-20-19(24)14-7-6-10-16(11-14)25-2/h3-11,13H,12H2,1-2H3,(H,20,24)(H,21,23)/t13-/m1/s1. The highest BCUT2D eigenvalue weighted by molar-refractivity contribution is 5.97. The summed E-state index contributed by atoms with van der Waals surface area (Å²) in [7, 11) is 1.50. The summed E-state index contributed by atoms with van der Waals surface area (Å²) in [6.45, 7) is 1.11. The van der Waals surface area contributed by atoms with Crippen molar-refractivity contribution in [2.24, 2.45) is 0 Å². The van der Waals surface area contributed by atoms with Crippen LogP contribution in [0.25, 0.3) is 0 Å². The van der Waals surface area contributed by atoms with Crippen LogP contribution in [0.4, 0.5) is 5.69 Å². The zero-order valence-corrected chi connectivity index (χ0v) is 14.5. The normalized spacial score (nSPS) is 11.2. The lowest BCUT2D eigenvalue weighted by molar-refractivity contribution is -0.152. The third-order valence-electron chi connectivity index (χ3n) is 3.44. The SMILES string of the molecule is COc1cccc(C(=O)NCC(=O)O[C@H](C)C(=O)Nc2ccccc2)c1. The van der Waals surface area contributed by atoms with Gasteiger partial charge in [0.1, 0.15) is 12.3 Å². The van der Waals surface area contributed by atoms with Crippen LogP contribution in [0.1, 0.15) is 17.3 Å². The fourth-order valence-corrected chi connectivity index (χ4v) is 2.08. The summed E-state index contributed by atoms with van der Waals surface area (Å²) >= 11 is 0. The molecule has 1 atom stereocenters. The number of benzene rings is 2. The number of hydrogen-bond acceptors (Lipinski definition) is 5. The van der Waals surface area contributed by atoms with Crippen molar-refractivity contribution in [3.63, 3.8) is 0 Å². The Kier molecular flexibility index (Phi) is 6.73. The molecule has 0 bridgehead atoms. The van der Waals surface area contributed by atoms with Crippen LogP contribution in [-0.2, 0) is 14.3 Å². The maximum atomic E-state index is 12.0. The maximum absolute atomic E-state index is 12.0. The molecular formula is C19H20N2O5. The maximum Gasteiger partial charge on any atom is 0.326 e. The van der Waals surface area contributed by atoms with Crippen molar-refractivity contribution in [3.05, 3.63) is 60.2 Å². The van der Waals surface area contributed by atoms with Crippen molar-refractivity contribution in [2.45, 2.75) is 13.0 Å². The van der Waals surface area contributed by atoms with E-state index in [0.717, 1.165) is 0 Å². The van der Waals surface area contributed by atoms with E-state index in [1.165, 1.54) is 14.0 Å². The van der Waals surface area contributed by atoms with Gasteiger partial charge < -0.3 is 20.1 Å². The van der Waals surface area contributed by atoms with Gasteiger partial charge in [-0.15, -0.1) is 0 Å². The lowest BCUT2D eigenvalue weighted by atomic mass is 10.2. The predicted molar refractivity (Wildman–Crippen MR) is 96.0 cm³/mol. The molecule has 0 saturated heterocycles. The number of esters is 1. The first-order valence-electron chi connectivity index (χ1n) is 7.97. The molecule has 0 aromatic heterocycles. The van der Waals surface area contributed by atoms with Gasteiger partial charge in [0.05, 0.1) is 7.11 Å². The lowest BCUT2D eigenvalue weighted by Crippen LogP contribution is -2.35. The zero-order chi connectivity index (χ0) is 18.9. The Morgan fingerprint density at radius 1 is 1.04 bits per heavy atom. The molecule has 0 saturated carbocycles. The fraction of sp³-hybridized carbons (Fsp3) is 0.211. The first-order chi connectivity index (χ1) is 12.5. The summed E-state index contributed by atoms with van der Waals surface area (Å²) in [5, 5.41) is 5.08. The van der Waals surface area contributed by atoms with Crippen LogP contribution in [0.5, 0.6) is 5.75 Å². The quantitative estimate of drug-likeness (QED) is 0.740. The number of ether oxygens (including phenoxy) is 2. The van der Waals surface area contributed by atoms with E-state index in [2.05, 4.69) is 10.6 Å². The van der Waals surface area contributed by atoms with Gasteiger partial charge in [0.2, 0.25) is 0 Å². The monoisotopic (exact) mass is 356 g/mol. The van der Waals surface area contributed by atoms with Gasteiger partial charge in [0.25, 0.3) is 11.8 Å². The number of carbonyl (C=O) groups excluding carboxylic acids is 3. The smallest absolute Gasteiger partial charge is 0.326 e. The van der Waals surface area contributed by atoms with Crippen molar-refractivity contribution in [1.29, 1.82) is 0 Å². The van der Waals surface area contributed by atoms with Crippen LogP contribution < -0.4 is 15.4 Å². The second-order valence-electron chi connectivity index (χ2n) is 5.40. The molecule has 0 aliphatic carbocycles. The van der Waals surface area contributed by atoms with E-state index in [-0.39, 0.29) is 6.54 Å². The van der Waals surface area contributed by atoms with E-state index in [1.54, 1.807) is 48.5 Å². The van der Waals surface area contributed by atoms with Gasteiger partial charge in [0, 0.05) is 11.3 Å². The topological polar surface area (TPSA) is 93.7 Å². The molecule has 2 rings (SSSR count). The average molecular weight is 356 g/mol. The predicted octanol–water partition coefficient (Wildman–Crippen LogP) is 2.00. The summed E-state index contributed by atoms with van der Waals surface area (Å²) in [5.74, 6) is -1.07. The molecule has 0 radical (unpaired) electrons. The number of amides is 2. The molecule has 2 aromatic carbocycles. The Morgan fingerprint density at radius 3 is 2.46 bits per heavy atom. The zero-order valence-electron chi connectivity index (χ0n) is 14.5. The minimum Gasteiger partial charge on any atom is -0.497 e. The number of nitrogens with one attached hydrogen (secondary N) is 2. The molecule has 0 aliphatic heterocycles. The highest BCUT2D eigenvalue weighted by Gasteiger charge is 2.18. The van der Waals surface area contributed by atoms with Crippen molar-refractivity contribution in [3.8, 4) is 5.75 Å². The van der Waals surface area contributed by atoms with Crippen molar-refractivity contribution >= 4 is 23.5 Å². The van der Waals surface area contributed by atoms with Crippen molar-refractivity contribution < 1.29 is 23.9 Å². The third-order valence-corrected chi connectivity index (χ3v) is 3.44. The van der Waals surface area contributed by atoms with Gasteiger partial charge in [-0.2, -0.15) is 0 Å². The molecule has 0 heterocycles. The molecule has 136 valence electrons. The molecule has 0 fully saturated rings. The van der Waals surface area contributed by atoms with Gasteiger partial charge in [-0.1, -0.05) is 24.3 Å². The molecule has 2 amide bonds. The summed E-state index contributed by atoms with van der Waals surface area (Å²) < 4.78 is 10.1. The van der Waals surface area contributed by atoms with Gasteiger partial charge in [-0.3, -0.25) is 14.4 Å². The number of para-hydroxylation sites is 1. The average Bonchev–Trinajstić information content (AvgIpc) is 2.66. The molecule has 2 N–H and O–H groups in total. The van der Waals surface area contributed by atoms with Crippen molar-refractivity contribution in [2.75, 3.05) is 19.0 Å². The molecule has 0 unspecified atom stereocenters. The second kappa shape index (κ2) is 9.22. The van der Waals surface area contributed by atoms with E-state index in [9.17, 15) is 14.4 Å². The van der Waals surface area contributed by atoms with Crippen LogP contribution in [0.2, 0.25) is 0 Å². The highest BCUT2D eigenvalue weighted by atomic mass is 16.5. The van der Waals surface area contributed by atoms with Crippen LogP contribution in [0, 0.1) is 0 Å². The summed E-state index contributed by atoms with van der Waals surface area (Å²) in [6, 6.07) is 15.3. The van der Waals surface area contributed by atoms with Gasteiger partial charge >= 0.3 is 5.97 Å². The van der Waals surface area contributed by atoms with Crippen LogP contribution in [0.15, 0.2) is 54.6 Å². The fourth-order valence-electron chi connectivity index (χ4n) is 2.08. The van der Waals surface area contributed by atoms with E-state index < -0.39 is 23.9 Å². The molecule has 2 aromatic rings. The van der Waals surface area contributed by atoms with Crippen LogP contribution in [-0.4, -0.2) is 37.5 Å². The van der Waals surface area contributed by atoms with Gasteiger partial charge in [-0.05, 0) is 37.3 Å². The minimum atomic E-state index is -0.989. The third kappa shape index (κ3) is 5.62. The number of carbonyl (C=O) groups is 3. The van der Waals surface area contributed by atoms with Crippen molar-refractivity contribution in [1.82, 2.24) is 5.32 Å². The van der Waals surface area contributed by atoms with E-state index in [4.69, 9.17) is 9.47 Å². The molecule has 7 nitrogen and oxygen atoms in total. The van der Waals surface area contributed by atoms with Crippen LogP contribution in [0.3, 0.4) is 0 Å². The Labute approximate surface area is 151 Å². The molecule has 0 spiro atoms. The largest absolute Gasteiger partial charge is 0.497 e. The number of anilines is 1. The second-order valence-corrected chi connectivity index (χ2v) is 5.40. The Bertz CT molecular complexity index is 777. The molecule has 7 heteroatoms. The first kappa shape index (κ1) is 19.0. The number of rotatable bonds is 7. The Morgan fingerprint density at radius 2 is 1.77 bits per heavy atom. The first-order valence-corrected chi connectivity index (χ1v) is 7.97. The lowest BCUT2D eigenvalue weighted by Gasteiger charge is -2.14. The summed E-state index contributed by atoms with van der Waals surface area (Å²) in [4.78, 5) is 35.8. The molecular weight excluding hydrogens is 336 g/mol. The molecule has 0 aliphatic rings. The summed E-state index contributed by atoms with van der Waals surface area (Å²) in [5.41, 5.74) is 0.957. The van der Waals surface area contributed by atoms with E-state index in [1.807, 2.05) is 6.07 Å². The van der Waals surface area contributed by atoms with Gasteiger partial charge in [-0.25, -0.2) is 0 Å². The summed E-state index contributed by atoms with van der Waals surface area (Å²) in [6.07, 6.45) is -0.989. The Balaban J connectivity index is 1.80. The van der Waals surface area contributed by atoms with E-state index >= 15 is 0 Å².